The molecule has 0 bridgehead atoms. The summed E-state index contributed by atoms with van der Waals surface area (Å²) >= 11 is 0. The zero-order valence-electron chi connectivity index (χ0n) is 11.4. The van der Waals surface area contributed by atoms with E-state index in [9.17, 15) is 9.00 Å². The van der Waals surface area contributed by atoms with Crippen LogP contribution in [0.4, 0.5) is 0 Å². The first kappa shape index (κ1) is 15.6. The van der Waals surface area contributed by atoms with Gasteiger partial charge < -0.3 is 9.47 Å². The van der Waals surface area contributed by atoms with Crippen LogP contribution in [0.3, 0.4) is 0 Å². The number of likely N-dealkylation sites (N-methyl/N-ethyl adjacent to an activating group) is 1. The third-order valence-electron chi connectivity index (χ3n) is 3.08. The predicted molar refractivity (Wildman–Crippen MR) is 70.9 cm³/mol. The maximum absolute atomic E-state index is 11.9. The molecule has 0 aliphatic carbocycles. The summed E-state index contributed by atoms with van der Waals surface area (Å²) in [5.74, 6) is 0.223. The number of morpholine rings is 1. The highest BCUT2D eigenvalue weighted by atomic mass is 32.2. The lowest BCUT2D eigenvalue weighted by molar-refractivity contribution is -0.144. The molecule has 3 atom stereocenters. The Labute approximate surface area is 111 Å². The van der Waals surface area contributed by atoms with Gasteiger partial charge in [0, 0.05) is 29.6 Å². The van der Waals surface area contributed by atoms with Gasteiger partial charge in [0.25, 0.3) is 0 Å². The van der Waals surface area contributed by atoms with Crippen molar-refractivity contribution in [3.05, 3.63) is 0 Å². The first-order valence-electron chi connectivity index (χ1n) is 6.33. The maximum atomic E-state index is 11.9. The van der Waals surface area contributed by atoms with Crippen molar-refractivity contribution in [2.75, 3.05) is 44.9 Å². The Morgan fingerprint density at radius 2 is 2.33 bits per heavy atom. The van der Waals surface area contributed by atoms with Crippen LogP contribution in [0.15, 0.2) is 0 Å². The van der Waals surface area contributed by atoms with E-state index in [0.29, 0.717) is 18.1 Å². The van der Waals surface area contributed by atoms with Crippen LogP contribution >= 0.6 is 0 Å². The van der Waals surface area contributed by atoms with E-state index < -0.39 is 10.8 Å². The number of hydrogen-bond acceptors (Lipinski definition) is 5. The Kier molecular flexibility index (Phi) is 6.81. The molecule has 0 spiro atoms. The SMILES string of the molecule is CCN1CCOC(CS(=O)CC(C)C(=O)OC)C1. The molecule has 106 valence electrons. The molecule has 0 N–H and O–H groups in total. The van der Waals surface area contributed by atoms with Gasteiger partial charge in [-0.25, -0.2) is 0 Å². The van der Waals surface area contributed by atoms with E-state index in [4.69, 9.17) is 4.74 Å². The molecule has 1 saturated heterocycles. The van der Waals surface area contributed by atoms with Crippen LogP contribution in [-0.2, 0) is 25.1 Å². The Morgan fingerprint density at radius 1 is 1.61 bits per heavy atom. The summed E-state index contributed by atoms with van der Waals surface area (Å²) in [6, 6.07) is 0. The molecule has 0 radical (unpaired) electrons. The Balaban J connectivity index is 2.33. The second-order valence-electron chi connectivity index (χ2n) is 4.58. The normalized spacial score (nSPS) is 24.5. The monoisotopic (exact) mass is 277 g/mol. The summed E-state index contributed by atoms with van der Waals surface area (Å²) in [7, 11) is 0.313. The largest absolute Gasteiger partial charge is 0.469 e. The van der Waals surface area contributed by atoms with Crippen molar-refractivity contribution >= 4 is 16.8 Å². The Hall–Kier alpha value is -0.460. The predicted octanol–water partition coefficient (Wildman–Crippen LogP) is 0.265. The smallest absolute Gasteiger partial charge is 0.309 e. The second-order valence-corrected chi connectivity index (χ2v) is 6.13. The molecule has 1 aliphatic rings. The molecule has 18 heavy (non-hydrogen) atoms. The minimum atomic E-state index is -1.04. The molecule has 1 heterocycles. The number of hydrogen-bond donors (Lipinski definition) is 0. The van der Waals surface area contributed by atoms with Crippen LogP contribution in [0.25, 0.3) is 0 Å². The van der Waals surface area contributed by atoms with Crippen molar-refractivity contribution in [3.8, 4) is 0 Å². The van der Waals surface area contributed by atoms with Gasteiger partial charge in [0.2, 0.25) is 0 Å². The molecular weight excluding hydrogens is 254 g/mol. The third kappa shape index (κ3) is 5.04. The molecule has 1 rings (SSSR count). The van der Waals surface area contributed by atoms with Gasteiger partial charge >= 0.3 is 5.97 Å². The summed E-state index contributed by atoms with van der Waals surface area (Å²) in [6.07, 6.45) is 0.0179. The minimum absolute atomic E-state index is 0.0179. The van der Waals surface area contributed by atoms with E-state index >= 15 is 0 Å². The summed E-state index contributed by atoms with van der Waals surface area (Å²) in [4.78, 5) is 13.5. The zero-order chi connectivity index (χ0) is 13.5. The van der Waals surface area contributed by atoms with Gasteiger partial charge in [-0.1, -0.05) is 13.8 Å². The van der Waals surface area contributed by atoms with E-state index in [1.54, 1.807) is 6.92 Å². The van der Waals surface area contributed by atoms with Crippen molar-refractivity contribution in [1.82, 2.24) is 4.90 Å². The molecule has 3 unspecified atom stereocenters. The molecule has 0 saturated carbocycles. The van der Waals surface area contributed by atoms with Crippen LogP contribution in [-0.4, -0.2) is 66.0 Å². The fraction of sp³-hybridized carbons (Fsp3) is 0.917. The van der Waals surface area contributed by atoms with E-state index in [1.807, 2.05) is 0 Å². The van der Waals surface area contributed by atoms with Crippen molar-refractivity contribution in [2.45, 2.75) is 20.0 Å². The van der Waals surface area contributed by atoms with Gasteiger partial charge in [-0.3, -0.25) is 13.9 Å². The molecule has 0 aromatic carbocycles. The maximum Gasteiger partial charge on any atom is 0.309 e. The molecule has 0 amide bonds. The van der Waals surface area contributed by atoms with Gasteiger partial charge in [-0.15, -0.1) is 0 Å². The summed E-state index contributed by atoms with van der Waals surface area (Å²) in [5, 5.41) is 0. The minimum Gasteiger partial charge on any atom is -0.469 e. The summed E-state index contributed by atoms with van der Waals surface area (Å²) in [6.45, 7) is 7.31. The van der Waals surface area contributed by atoms with Gasteiger partial charge in [0.05, 0.1) is 31.5 Å². The van der Waals surface area contributed by atoms with Gasteiger partial charge in [0.1, 0.15) is 0 Å². The fourth-order valence-electron chi connectivity index (χ4n) is 1.99. The number of methoxy groups -OCH3 is 1. The van der Waals surface area contributed by atoms with Gasteiger partial charge in [0.15, 0.2) is 0 Å². The molecule has 0 aromatic heterocycles. The number of esters is 1. The molecule has 1 fully saturated rings. The fourth-order valence-corrected chi connectivity index (χ4v) is 3.44. The highest BCUT2D eigenvalue weighted by Gasteiger charge is 2.23. The molecule has 5 nitrogen and oxygen atoms in total. The van der Waals surface area contributed by atoms with Crippen LogP contribution < -0.4 is 0 Å². The third-order valence-corrected chi connectivity index (χ3v) is 4.70. The zero-order valence-corrected chi connectivity index (χ0v) is 12.2. The highest BCUT2D eigenvalue weighted by molar-refractivity contribution is 7.85. The van der Waals surface area contributed by atoms with E-state index in [-0.39, 0.29) is 18.0 Å². The first-order chi connectivity index (χ1) is 8.56. The van der Waals surface area contributed by atoms with Crippen LogP contribution in [0.5, 0.6) is 0 Å². The highest BCUT2D eigenvalue weighted by Crippen LogP contribution is 2.08. The number of nitrogens with zero attached hydrogens (tertiary/aromatic N) is 1. The Bertz CT molecular complexity index is 298. The van der Waals surface area contributed by atoms with Crippen molar-refractivity contribution in [3.63, 3.8) is 0 Å². The number of ether oxygens (including phenoxy) is 2. The first-order valence-corrected chi connectivity index (χ1v) is 7.82. The standard InChI is InChI=1S/C12H23NO4S/c1-4-13-5-6-17-11(7-13)9-18(15)8-10(2)12(14)16-3/h10-11H,4-9H2,1-3H3. The topological polar surface area (TPSA) is 55.8 Å². The van der Waals surface area contributed by atoms with Crippen molar-refractivity contribution < 1.29 is 18.5 Å². The van der Waals surface area contributed by atoms with E-state index in [0.717, 1.165) is 19.6 Å². The van der Waals surface area contributed by atoms with Gasteiger partial charge in [-0.2, -0.15) is 0 Å². The lowest BCUT2D eigenvalue weighted by atomic mass is 10.2. The molecule has 1 aliphatic heterocycles. The van der Waals surface area contributed by atoms with Crippen molar-refractivity contribution in [2.24, 2.45) is 5.92 Å². The molecule has 0 aromatic rings. The molecular formula is C12H23NO4S. The second kappa shape index (κ2) is 7.86. The van der Waals surface area contributed by atoms with Crippen molar-refractivity contribution in [1.29, 1.82) is 0 Å². The lowest BCUT2D eigenvalue weighted by Crippen LogP contribution is -2.44. The van der Waals surface area contributed by atoms with Crippen LogP contribution in [0.1, 0.15) is 13.8 Å². The summed E-state index contributed by atoms with van der Waals surface area (Å²) in [5.41, 5.74) is 0. The molecule has 6 heteroatoms. The van der Waals surface area contributed by atoms with Gasteiger partial charge in [-0.05, 0) is 6.54 Å². The number of carbonyl (C=O) groups is 1. The quantitative estimate of drug-likeness (QED) is 0.652. The number of rotatable bonds is 6. The number of carbonyl (C=O) groups excluding carboxylic acids is 1. The van der Waals surface area contributed by atoms with Crippen LogP contribution in [0.2, 0.25) is 0 Å². The average molecular weight is 277 g/mol. The average Bonchev–Trinajstić information content (AvgIpc) is 2.37. The Morgan fingerprint density at radius 3 is 2.94 bits per heavy atom. The summed E-state index contributed by atoms with van der Waals surface area (Å²) < 4.78 is 22.2. The van der Waals surface area contributed by atoms with E-state index in [1.165, 1.54) is 7.11 Å². The van der Waals surface area contributed by atoms with Crippen LogP contribution in [0, 0.1) is 5.92 Å². The van der Waals surface area contributed by atoms with E-state index in [2.05, 4.69) is 16.6 Å². The lowest BCUT2D eigenvalue weighted by Gasteiger charge is -2.31.